The normalized spacial score (nSPS) is 33.0. The van der Waals surface area contributed by atoms with Crippen molar-refractivity contribution >= 4 is 8.80 Å². The lowest BCUT2D eigenvalue weighted by atomic mass is 10.1. The molecule has 0 aromatic carbocycles. The molecule has 0 bridgehead atoms. The van der Waals surface area contributed by atoms with Gasteiger partial charge in [-0.05, 0) is 0 Å². The number of hydrogen-bond donors (Lipinski definition) is 0. The first-order chi connectivity index (χ1) is 6.74. The summed E-state index contributed by atoms with van der Waals surface area (Å²) in [7, 11) is -2.74. The number of halogens is 6. The number of rotatable bonds is 1. The zero-order chi connectivity index (χ0) is 12.0. The predicted molar refractivity (Wildman–Crippen MR) is 46.1 cm³/mol. The molecule has 2 atom stereocenters. The van der Waals surface area contributed by atoms with E-state index in [4.69, 9.17) is 0 Å². The standard InChI is InChI=1S/C8H8F6Si/c1-15(2)8(14)6(12)4(10)3(9)5(11)7(8)13/h6,15H,1-2H3/t6-,8-/m1/s1. The van der Waals surface area contributed by atoms with Crippen molar-refractivity contribution in [2.45, 2.75) is 24.6 Å². The Bertz CT molecular complexity index is 347. The first-order valence-corrected chi connectivity index (χ1v) is 7.07. The molecular weight excluding hydrogens is 238 g/mol. The van der Waals surface area contributed by atoms with Gasteiger partial charge in [0.1, 0.15) is 0 Å². The van der Waals surface area contributed by atoms with Gasteiger partial charge in [-0.1, -0.05) is 13.1 Å². The second kappa shape index (κ2) is 3.69. The molecule has 1 aliphatic rings. The highest BCUT2D eigenvalue weighted by molar-refractivity contribution is 6.60. The van der Waals surface area contributed by atoms with Gasteiger partial charge in [0, 0.05) is 0 Å². The van der Waals surface area contributed by atoms with Crippen molar-refractivity contribution in [1.29, 1.82) is 0 Å². The van der Waals surface area contributed by atoms with E-state index in [0.29, 0.717) is 0 Å². The Morgan fingerprint density at radius 1 is 1.07 bits per heavy atom. The Balaban J connectivity index is 3.39. The van der Waals surface area contributed by atoms with Crippen molar-refractivity contribution in [2.75, 3.05) is 0 Å². The monoisotopic (exact) mass is 246 g/mol. The van der Waals surface area contributed by atoms with E-state index in [1.807, 2.05) is 0 Å². The third-order valence-electron chi connectivity index (χ3n) is 2.36. The molecule has 0 fully saturated rings. The summed E-state index contributed by atoms with van der Waals surface area (Å²) in [4.78, 5) is 0. The van der Waals surface area contributed by atoms with E-state index >= 15 is 0 Å². The van der Waals surface area contributed by atoms with E-state index in [1.165, 1.54) is 13.1 Å². The maximum Gasteiger partial charge on any atom is 0.196 e. The molecule has 7 heteroatoms. The molecule has 0 radical (unpaired) electrons. The van der Waals surface area contributed by atoms with Gasteiger partial charge in [0.25, 0.3) is 0 Å². The maximum absolute atomic E-state index is 13.7. The molecule has 1 aliphatic carbocycles. The summed E-state index contributed by atoms with van der Waals surface area (Å²) in [6, 6.07) is 0. The van der Waals surface area contributed by atoms with Crippen LogP contribution in [0.2, 0.25) is 13.1 Å². The molecule has 86 valence electrons. The minimum atomic E-state index is -3.34. The van der Waals surface area contributed by atoms with Crippen LogP contribution >= 0.6 is 0 Å². The zero-order valence-corrected chi connectivity index (χ0v) is 9.08. The van der Waals surface area contributed by atoms with Crippen molar-refractivity contribution < 1.29 is 26.3 Å². The lowest BCUT2D eigenvalue weighted by Crippen LogP contribution is -2.49. The Hall–Kier alpha value is -0.723. The van der Waals surface area contributed by atoms with Crippen LogP contribution in [0.3, 0.4) is 0 Å². The van der Waals surface area contributed by atoms with Crippen LogP contribution in [0.5, 0.6) is 0 Å². The fourth-order valence-corrected chi connectivity index (χ4v) is 2.69. The maximum atomic E-state index is 13.7. The second-order valence-electron chi connectivity index (χ2n) is 3.58. The molecule has 1 rings (SSSR count). The van der Waals surface area contributed by atoms with Gasteiger partial charge in [-0.25, -0.2) is 26.3 Å². The summed E-state index contributed by atoms with van der Waals surface area (Å²) in [6.07, 6.45) is -3.09. The van der Waals surface area contributed by atoms with E-state index in [1.54, 1.807) is 0 Å². The molecule has 0 heterocycles. The van der Waals surface area contributed by atoms with Gasteiger partial charge in [-0.3, -0.25) is 0 Å². The van der Waals surface area contributed by atoms with Gasteiger partial charge >= 0.3 is 0 Å². The highest BCUT2D eigenvalue weighted by Crippen LogP contribution is 2.45. The summed E-state index contributed by atoms with van der Waals surface area (Å²) in [5, 5.41) is -3.34. The minimum Gasteiger partial charge on any atom is -0.237 e. The van der Waals surface area contributed by atoms with Gasteiger partial charge in [-0.15, -0.1) is 0 Å². The third-order valence-corrected chi connectivity index (χ3v) is 4.59. The Kier molecular flexibility index (Phi) is 3.04. The van der Waals surface area contributed by atoms with Crippen molar-refractivity contribution in [2.24, 2.45) is 0 Å². The average molecular weight is 246 g/mol. The van der Waals surface area contributed by atoms with Gasteiger partial charge in [-0.2, -0.15) is 0 Å². The summed E-state index contributed by atoms with van der Waals surface area (Å²) in [5.74, 6) is -8.94. The van der Waals surface area contributed by atoms with Crippen molar-refractivity contribution in [1.82, 2.24) is 0 Å². The predicted octanol–water partition coefficient (Wildman–Crippen LogP) is 3.37. The van der Waals surface area contributed by atoms with Crippen LogP contribution in [0.15, 0.2) is 23.3 Å². The van der Waals surface area contributed by atoms with E-state index in [2.05, 4.69) is 0 Å². The highest BCUT2D eigenvalue weighted by atomic mass is 28.3. The fraction of sp³-hybridized carbons (Fsp3) is 0.500. The Labute approximate surface area is 83.9 Å². The molecule has 0 aromatic rings. The molecule has 0 amide bonds. The topological polar surface area (TPSA) is 0 Å². The van der Waals surface area contributed by atoms with E-state index < -0.39 is 43.6 Å². The molecule has 0 N–H and O–H groups in total. The summed E-state index contributed by atoms with van der Waals surface area (Å²) in [5.41, 5.74) is 0. The van der Waals surface area contributed by atoms with E-state index in [-0.39, 0.29) is 0 Å². The largest absolute Gasteiger partial charge is 0.237 e. The molecule has 0 aromatic heterocycles. The number of alkyl halides is 2. The van der Waals surface area contributed by atoms with Crippen LogP contribution < -0.4 is 0 Å². The van der Waals surface area contributed by atoms with Gasteiger partial charge in [0.15, 0.2) is 34.8 Å². The van der Waals surface area contributed by atoms with Crippen LogP contribution in [-0.4, -0.2) is 20.3 Å². The number of allylic oxidation sites excluding steroid dienone is 4. The molecule has 0 saturated heterocycles. The summed E-state index contributed by atoms with van der Waals surface area (Å²) in [6.45, 7) is 2.35. The van der Waals surface area contributed by atoms with Crippen LogP contribution in [0.1, 0.15) is 0 Å². The fourth-order valence-electron chi connectivity index (χ4n) is 1.32. The molecular formula is C8H8F6Si. The van der Waals surface area contributed by atoms with Crippen LogP contribution in [0.25, 0.3) is 0 Å². The molecule has 0 spiro atoms. The van der Waals surface area contributed by atoms with Crippen LogP contribution in [0, 0.1) is 0 Å². The van der Waals surface area contributed by atoms with E-state index in [0.717, 1.165) is 0 Å². The highest BCUT2D eigenvalue weighted by Gasteiger charge is 2.56. The minimum absolute atomic E-state index is 1.18. The first-order valence-electron chi connectivity index (χ1n) is 4.18. The summed E-state index contributed by atoms with van der Waals surface area (Å²) < 4.78 is 77.8. The average Bonchev–Trinajstić information content (AvgIpc) is 2.20. The van der Waals surface area contributed by atoms with E-state index in [9.17, 15) is 26.3 Å². The Morgan fingerprint density at radius 2 is 1.53 bits per heavy atom. The zero-order valence-electron chi connectivity index (χ0n) is 7.92. The molecule has 0 aliphatic heterocycles. The first kappa shape index (κ1) is 12.3. The smallest absolute Gasteiger partial charge is 0.196 e. The lowest BCUT2D eigenvalue weighted by Gasteiger charge is -2.32. The number of hydrogen-bond acceptors (Lipinski definition) is 0. The van der Waals surface area contributed by atoms with Gasteiger partial charge in [0.05, 0.1) is 8.80 Å². The van der Waals surface area contributed by atoms with Crippen molar-refractivity contribution in [3.05, 3.63) is 23.3 Å². The van der Waals surface area contributed by atoms with Crippen LogP contribution in [0.4, 0.5) is 26.3 Å². The van der Waals surface area contributed by atoms with Gasteiger partial charge in [0.2, 0.25) is 0 Å². The van der Waals surface area contributed by atoms with Crippen LogP contribution in [-0.2, 0) is 0 Å². The molecule has 0 unspecified atom stereocenters. The van der Waals surface area contributed by atoms with Crippen molar-refractivity contribution in [3.8, 4) is 0 Å². The molecule has 0 nitrogen and oxygen atoms in total. The SMILES string of the molecule is C[SiH](C)[C@@]1(F)C(F)=C(F)C(F)=C(F)[C@H]1F. The van der Waals surface area contributed by atoms with Crippen molar-refractivity contribution in [3.63, 3.8) is 0 Å². The van der Waals surface area contributed by atoms with Gasteiger partial charge < -0.3 is 0 Å². The summed E-state index contributed by atoms with van der Waals surface area (Å²) >= 11 is 0. The quantitative estimate of drug-likeness (QED) is 0.491. The molecule has 0 saturated carbocycles. The Morgan fingerprint density at radius 3 is 1.93 bits per heavy atom. The second-order valence-corrected chi connectivity index (χ2v) is 6.72. The molecule has 15 heavy (non-hydrogen) atoms. The third kappa shape index (κ3) is 1.52. The lowest BCUT2D eigenvalue weighted by molar-refractivity contribution is 0.119.